The van der Waals surface area contributed by atoms with E-state index < -0.39 is 30.6 Å². The number of hydrogen-bond donors (Lipinski definition) is 1. The summed E-state index contributed by atoms with van der Waals surface area (Å²) < 4.78 is 45.2. The molecule has 5 nitrogen and oxygen atoms in total. The minimum Gasteiger partial charge on any atom is -0.452 e. The topological polar surface area (TPSA) is 64.6 Å². The number of carbonyl (C=O) groups excluding carboxylic acids is 2. The van der Waals surface area contributed by atoms with Gasteiger partial charge in [0.1, 0.15) is 5.75 Å². The maximum absolute atomic E-state index is 12.3. The third kappa shape index (κ3) is 5.00. The molecule has 3 aromatic rings. The molecule has 0 unspecified atom stereocenters. The molecule has 0 aliphatic carbocycles. The van der Waals surface area contributed by atoms with Gasteiger partial charge in [-0.1, -0.05) is 36.4 Å². The number of carbonyl (C=O) groups is 2. The van der Waals surface area contributed by atoms with Crippen LogP contribution in [0.15, 0.2) is 66.7 Å². The third-order valence-corrected chi connectivity index (χ3v) is 3.72. The van der Waals surface area contributed by atoms with Gasteiger partial charge < -0.3 is 14.8 Å². The van der Waals surface area contributed by atoms with E-state index in [0.29, 0.717) is 10.9 Å². The van der Waals surface area contributed by atoms with Gasteiger partial charge in [0.05, 0.1) is 5.56 Å². The highest BCUT2D eigenvalue weighted by molar-refractivity contribution is 6.05. The van der Waals surface area contributed by atoms with Gasteiger partial charge in [-0.15, -0.1) is 13.2 Å². The summed E-state index contributed by atoms with van der Waals surface area (Å²) in [6.45, 7) is -0.539. The molecule has 28 heavy (non-hydrogen) atoms. The van der Waals surface area contributed by atoms with Gasteiger partial charge in [-0.05, 0) is 41.1 Å². The zero-order valence-electron chi connectivity index (χ0n) is 14.3. The molecule has 1 amide bonds. The minimum absolute atomic E-state index is 0.237. The number of rotatable bonds is 5. The van der Waals surface area contributed by atoms with Crippen molar-refractivity contribution in [2.75, 3.05) is 11.9 Å². The second kappa shape index (κ2) is 7.99. The van der Waals surface area contributed by atoms with Gasteiger partial charge in [0, 0.05) is 5.69 Å². The summed E-state index contributed by atoms with van der Waals surface area (Å²) in [5, 5.41) is 3.99. The highest BCUT2D eigenvalue weighted by Gasteiger charge is 2.30. The van der Waals surface area contributed by atoms with Crippen LogP contribution < -0.4 is 10.1 Å². The number of benzene rings is 3. The Labute approximate surface area is 157 Å². The van der Waals surface area contributed by atoms with Crippen molar-refractivity contribution in [3.8, 4) is 5.75 Å². The van der Waals surface area contributed by atoms with E-state index in [2.05, 4.69) is 10.1 Å². The van der Waals surface area contributed by atoms with Crippen LogP contribution in [0.25, 0.3) is 10.8 Å². The number of halogens is 3. The Morgan fingerprint density at radius 2 is 1.57 bits per heavy atom. The normalized spacial score (nSPS) is 11.1. The molecule has 0 atom stereocenters. The van der Waals surface area contributed by atoms with Crippen molar-refractivity contribution in [1.82, 2.24) is 0 Å². The Morgan fingerprint density at radius 1 is 0.893 bits per heavy atom. The molecule has 0 bridgehead atoms. The van der Waals surface area contributed by atoms with Crippen LogP contribution in [0.2, 0.25) is 0 Å². The highest BCUT2D eigenvalue weighted by atomic mass is 19.4. The lowest BCUT2D eigenvalue weighted by Gasteiger charge is -2.10. The lowest BCUT2D eigenvalue weighted by Crippen LogP contribution is -2.21. The number of ether oxygens (including phenoxy) is 2. The fraction of sp³-hybridized carbons (Fsp3) is 0.100. The van der Waals surface area contributed by atoms with Crippen LogP contribution in [0, 0.1) is 0 Å². The van der Waals surface area contributed by atoms with Gasteiger partial charge in [-0.25, -0.2) is 4.79 Å². The molecule has 1 N–H and O–H groups in total. The van der Waals surface area contributed by atoms with Crippen LogP contribution in [0.5, 0.6) is 5.75 Å². The molecule has 0 radical (unpaired) electrons. The predicted molar refractivity (Wildman–Crippen MR) is 96.0 cm³/mol. The summed E-state index contributed by atoms with van der Waals surface area (Å²) in [5.41, 5.74) is 0.570. The van der Waals surface area contributed by atoms with E-state index in [0.717, 1.165) is 17.5 Å². The first-order valence-corrected chi connectivity index (χ1v) is 8.12. The summed E-state index contributed by atoms with van der Waals surface area (Å²) in [4.78, 5) is 24.2. The highest BCUT2D eigenvalue weighted by Crippen LogP contribution is 2.24. The Hall–Kier alpha value is -3.55. The molecule has 0 heterocycles. The zero-order valence-corrected chi connectivity index (χ0v) is 14.3. The van der Waals surface area contributed by atoms with Crippen LogP contribution in [-0.2, 0) is 9.53 Å². The van der Waals surface area contributed by atoms with Crippen LogP contribution in [0.4, 0.5) is 18.9 Å². The van der Waals surface area contributed by atoms with E-state index in [4.69, 9.17) is 4.74 Å². The summed E-state index contributed by atoms with van der Waals surface area (Å²) >= 11 is 0. The van der Waals surface area contributed by atoms with E-state index in [1.165, 1.54) is 12.1 Å². The van der Waals surface area contributed by atoms with E-state index in [9.17, 15) is 22.8 Å². The van der Waals surface area contributed by atoms with Crippen LogP contribution in [0.1, 0.15) is 10.4 Å². The van der Waals surface area contributed by atoms with Gasteiger partial charge >= 0.3 is 12.3 Å². The number of nitrogens with one attached hydrogen (secondary N) is 1. The standard InChI is InChI=1S/C20H14F3NO4/c21-20(22,23)28-15-10-8-14(9-11-15)24-18(25)12-27-19(26)17-7-3-5-13-4-1-2-6-16(13)17/h1-11H,12H2,(H,24,25). The summed E-state index contributed by atoms with van der Waals surface area (Å²) in [6, 6.07) is 17.0. The van der Waals surface area contributed by atoms with Crippen molar-refractivity contribution >= 4 is 28.3 Å². The Balaban J connectivity index is 1.57. The van der Waals surface area contributed by atoms with Gasteiger partial charge in [0.25, 0.3) is 5.91 Å². The van der Waals surface area contributed by atoms with Crippen molar-refractivity contribution in [2.24, 2.45) is 0 Å². The fourth-order valence-electron chi connectivity index (χ4n) is 2.55. The van der Waals surface area contributed by atoms with Gasteiger partial charge in [0.2, 0.25) is 0 Å². The van der Waals surface area contributed by atoms with Crippen LogP contribution >= 0.6 is 0 Å². The second-order valence-corrected chi connectivity index (χ2v) is 5.72. The molecule has 0 saturated carbocycles. The number of esters is 1. The zero-order chi connectivity index (χ0) is 20.1. The first-order chi connectivity index (χ1) is 13.3. The quantitative estimate of drug-likeness (QED) is 0.651. The molecule has 0 fully saturated rings. The monoisotopic (exact) mass is 389 g/mol. The Bertz CT molecular complexity index is 995. The largest absolute Gasteiger partial charge is 0.573 e. The number of alkyl halides is 3. The van der Waals surface area contributed by atoms with E-state index >= 15 is 0 Å². The first kappa shape index (κ1) is 19.2. The molecule has 0 aliphatic heterocycles. The second-order valence-electron chi connectivity index (χ2n) is 5.72. The molecule has 8 heteroatoms. The SMILES string of the molecule is O=C(COC(=O)c1cccc2ccccc12)Nc1ccc(OC(F)(F)F)cc1. The molecule has 144 valence electrons. The Morgan fingerprint density at radius 3 is 2.29 bits per heavy atom. The minimum atomic E-state index is -4.79. The molecule has 0 aromatic heterocycles. The van der Waals surface area contributed by atoms with Crippen molar-refractivity contribution in [3.05, 3.63) is 72.3 Å². The summed E-state index contributed by atoms with van der Waals surface area (Å²) in [6.07, 6.45) is -4.79. The molecular weight excluding hydrogens is 375 g/mol. The number of anilines is 1. The Kier molecular flexibility index (Phi) is 5.49. The molecule has 0 spiro atoms. The van der Waals surface area contributed by atoms with E-state index in [1.54, 1.807) is 24.3 Å². The summed E-state index contributed by atoms with van der Waals surface area (Å²) in [7, 11) is 0. The van der Waals surface area contributed by atoms with Gasteiger partial charge in [-0.3, -0.25) is 4.79 Å². The molecular formula is C20H14F3NO4. The maximum atomic E-state index is 12.3. The van der Waals surface area contributed by atoms with E-state index in [-0.39, 0.29) is 5.69 Å². The predicted octanol–water partition coefficient (Wildman–Crippen LogP) is 4.53. The molecule has 0 saturated heterocycles. The molecule has 3 aromatic carbocycles. The number of amides is 1. The van der Waals surface area contributed by atoms with Crippen LogP contribution in [-0.4, -0.2) is 24.8 Å². The average Bonchev–Trinajstić information content (AvgIpc) is 2.66. The fourth-order valence-corrected chi connectivity index (χ4v) is 2.55. The van der Waals surface area contributed by atoms with Crippen molar-refractivity contribution < 1.29 is 32.2 Å². The number of fused-ring (bicyclic) bond motifs is 1. The van der Waals surface area contributed by atoms with Crippen molar-refractivity contribution in [1.29, 1.82) is 0 Å². The average molecular weight is 389 g/mol. The van der Waals surface area contributed by atoms with Gasteiger partial charge in [0.15, 0.2) is 6.61 Å². The smallest absolute Gasteiger partial charge is 0.452 e. The van der Waals surface area contributed by atoms with Crippen molar-refractivity contribution in [2.45, 2.75) is 6.36 Å². The lowest BCUT2D eigenvalue weighted by atomic mass is 10.1. The summed E-state index contributed by atoms with van der Waals surface area (Å²) in [5.74, 6) is -1.69. The van der Waals surface area contributed by atoms with Gasteiger partial charge in [-0.2, -0.15) is 0 Å². The lowest BCUT2D eigenvalue weighted by molar-refractivity contribution is -0.274. The van der Waals surface area contributed by atoms with Crippen LogP contribution in [0.3, 0.4) is 0 Å². The number of hydrogen-bond acceptors (Lipinski definition) is 4. The molecule has 0 aliphatic rings. The molecule has 3 rings (SSSR count). The first-order valence-electron chi connectivity index (χ1n) is 8.12. The third-order valence-electron chi connectivity index (χ3n) is 3.72. The maximum Gasteiger partial charge on any atom is 0.573 e. The van der Waals surface area contributed by atoms with Crippen molar-refractivity contribution in [3.63, 3.8) is 0 Å². The van der Waals surface area contributed by atoms with E-state index in [1.807, 2.05) is 18.2 Å².